The quantitative estimate of drug-likeness (QED) is 0.313. The van der Waals surface area contributed by atoms with Crippen LogP contribution in [0.1, 0.15) is 81.0 Å². The fraction of sp³-hybridized carbons (Fsp3) is 0.576. The van der Waals surface area contributed by atoms with E-state index in [1.54, 1.807) is 0 Å². The Balaban J connectivity index is 1.21. The topological polar surface area (TPSA) is 119 Å². The molecule has 0 aromatic heterocycles. The van der Waals surface area contributed by atoms with Crippen LogP contribution in [0.2, 0.25) is 0 Å². The Labute approximate surface area is 254 Å². The Kier molecular flexibility index (Phi) is 11.2. The molecule has 234 valence electrons. The van der Waals surface area contributed by atoms with Gasteiger partial charge in [0.25, 0.3) is 0 Å². The lowest BCUT2D eigenvalue weighted by Crippen LogP contribution is -2.48. The number of piperidine rings is 1. The molecule has 3 atom stereocenters. The van der Waals surface area contributed by atoms with E-state index in [2.05, 4.69) is 15.5 Å². The van der Waals surface area contributed by atoms with E-state index in [1.165, 1.54) is 6.92 Å². The maximum Gasteiger partial charge on any atom is 0.224 e. The fourth-order valence-electron chi connectivity index (χ4n) is 6.02. The zero-order chi connectivity index (χ0) is 30.1. The number of carbonyl (C=O) groups excluding carboxylic acids is 2. The molecule has 0 radical (unpaired) electrons. The summed E-state index contributed by atoms with van der Waals surface area (Å²) in [6.07, 6.45) is 4.48. The van der Waals surface area contributed by atoms with Gasteiger partial charge in [0.05, 0.1) is 32.0 Å². The summed E-state index contributed by atoms with van der Waals surface area (Å²) in [5, 5.41) is 15.3. The molecule has 3 aliphatic heterocycles. The van der Waals surface area contributed by atoms with Gasteiger partial charge in [0, 0.05) is 70.0 Å². The van der Waals surface area contributed by atoms with Gasteiger partial charge in [0.15, 0.2) is 12.1 Å². The zero-order valence-corrected chi connectivity index (χ0v) is 25.1. The minimum absolute atomic E-state index is 0.000367. The lowest BCUT2D eigenvalue weighted by Gasteiger charge is -2.41. The maximum absolute atomic E-state index is 12.6. The van der Waals surface area contributed by atoms with Crippen LogP contribution < -0.4 is 10.6 Å². The number of nitrogens with one attached hydrogen (secondary N) is 2. The monoisotopic (exact) mass is 595 g/mol. The normalized spacial score (nSPS) is 23.7. The van der Waals surface area contributed by atoms with E-state index in [1.807, 2.05) is 48.5 Å². The first kappa shape index (κ1) is 31.6. The van der Waals surface area contributed by atoms with Gasteiger partial charge < -0.3 is 39.6 Å². The molecule has 43 heavy (non-hydrogen) atoms. The van der Waals surface area contributed by atoms with Gasteiger partial charge in [-0.3, -0.25) is 9.59 Å². The van der Waals surface area contributed by atoms with E-state index in [0.717, 1.165) is 68.4 Å². The van der Waals surface area contributed by atoms with Crippen LogP contribution in [0.4, 0.5) is 5.69 Å². The third-order valence-corrected chi connectivity index (χ3v) is 8.41. The summed E-state index contributed by atoms with van der Waals surface area (Å²) in [4.78, 5) is 26.0. The van der Waals surface area contributed by atoms with Gasteiger partial charge in [-0.25, -0.2) is 0 Å². The van der Waals surface area contributed by atoms with Gasteiger partial charge in [0.1, 0.15) is 0 Å². The van der Waals surface area contributed by atoms with Crippen LogP contribution in [0, 0.1) is 0 Å². The number of aliphatic hydroxyl groups excluding tert-OH is 1. The Morgan fingerprint density at radius 3 is 2.47 bits per heavy atom. The van der Waals surface area contributed by atoms with Crippen molar-refractivity contribution in [3.8, 4) is 0 Å². The first-order chi connectivity index (χ1) is 20.9. The molecule has 0 aliphatic carbocycles. The van der Waals surface area contributed by atoms with Crippen LogP contribution >= 0.6 is 0 Å². The van der Waals surface area contributed by atoms with Crippen molar-refractivity contribution in [3.05, 3.63) is 65.2 Å². The highest BCUT2D eigenvalue weighted by atomic mass is 16.7. The Hall–Kier alpha value is -2.86. The van der Waals surface area contributed by atoms with E-state index in [9.17, 15) is 14.7 Å². The number of hydrogen-bond acceptors (Lipinski definition) is 8. The van der Waals surface area contributed by atoms with E-state index in [0.29, 0.717) is 38.3 Å². The second kappa shape index (κ2) is 15.2. The smallest absolute Gasteiger partial charge is 0.224 e. The summed E-state index contributed by atoms with van der Waals surface area (Å²) in [7, 11) is 0. The predicted molar refractivity (Wildman–Crippen MR) is 161 cm³/mol. The minimum atomic E-state index is -0.593. The molecule has 0 bridgehead atoms. The third-order valence-electron chi connectivity index (χ3n) is 8.41. The number of likely N-dealkylation sites (tertiary alicyclic amines) is 1. The summed E-state index contributed by atoms with van der Waals surface area (Å²) in [5.41, 5.74) is 3.46. The average Bonchev–Trinajstić information content (AvgIpc) is 3.48. The highest BCUT2D eigenvalue weighted by molar-refractivity contribution is 5.90. The summed E-state index contributed by atoms with van der Waals surface area (Å²) < 4.78 is 24.9. The maximum atomic E-state index is 12.6. The summed E-state index contributed by atoms with van der Waals surface area (Å²) in [6, 6.07) is 15.6. The second-order valence-electron chi connectivity index (χ2n) is 11.7. The molecule has 10 nitrogen and oxygen atoms in total. The van der Waals surface area contributed by atoms with Crippen molar-refractivity contribution in [2.75, 3.05) is 44.7 Å². The van der Waals surface area contributed by atoms with Gasteiger partial charge in [-0.15, -0.1) is 0 Å². The summed E-state index contributed by atoms with van der Waals surface area (Å²) in [6.45, 7) is 6.02. The van der Waals surface area contributed by atoms with Crippen LogP contribution in [0.5, 0.6) is 0 Å². The van der Waals surface area contributed by atoms with Crippen LogP contribution in [0.15, 0.2) is 48.5 Å². The van der Waals surface area contributed by atoms with Gasteiger partial charge in [-0.1, -0.05) is 42.8 Å². The van der Waals surface area contributed by atoms with E-state index in [-0.39, 0.29) is 30.6 Å². The van der Waals surface area contributed by atoms with Gasteiger partial charge in [-0.2, -0.15) is 0 Å². The molecule has 3 saturated heterocycles. The van der Waals surface area contributed by atoms with Crippen molar-refractivity contribution in [2.45, 2.75) is 82.8 Å². The molecular formula is C33H45N3O7. The predicted octanol–water partition coefficient (Wildman–Crippen LogP) is 4.20. The van der Waals surface area contributed by atoms with Gasteiger partial charge in [0.2, 0.25) is 11.8 Å². The van der Waals surface area contributed by atoms with Crippen LogP contribution in [-0.2, 0) is 35.1 Å². The number of carbonyl (C=O) groups is 2. The number of hydrogen-bond donors (Lipinski definition) is 3. The lowest BCUT2D eigenvalue weighted by atomic mass is 9.98. The number of nitrogens with zero attached hydrogens (tertiary/aromatic N) is 1. The minimum Gasteiger partial charge on any atom is -0.392 e. The average molecular weight is 596 g/mol. The highest BCUT2D eigenvalue weighted by Gasteiger charge is 2.41. The molecule has 3 heterocycles. The summed E-state index contributed by atoms with van der Waals surface area (Å²) in [5.74, 6) is -0.487. The van der Waals surface area contributed by atoms with Gasteiger partial charge >= 0.3 is 0 Å². The molecule has 5 rings (SSSR count). The van der Waals surface area contributed by atoms with Crippen LogP contribution in [0.25, 0.3) is 0 Å². The first-order valence-corrected chi connectivity index (χ1v) is 15.6. The Morgan fingerprint density at radius 2 is 1.74 bits per heavy atom. The highest BCUT2D eigenvalue weighted by Crippen LogP contribution is 2.39. The van der Waals surface area contributed by atoms with Gasteiger partial charge in [-0.05, 0) is 36.1 Å². The van der Waals surface area contributed by atoms with Crippen molar-refractivity contribution in [1.29, 1.82) is 0 Å². The molecule has 2 amide bonds. The molecule has 0 saturated carbocycles. The second-order valence-corrected chi connectivity index (χ2v) is 11.7. The van der Waals surface area contributed by atoms with E-state index < -0.39 is 12.1 Å². The van der Waals surface area contributed by atoms with E-state index in [4.69, 9.17) is 18.9 Å². The van der Waals surface area contributed by atoms with Crippen molar-refractivity contribution >= 4 is 17.5 Å². The molecule has 0 unspecified atom stereocenters. The summed E-state index contributed by atoms with van der Waals surface area (Å²) >= 11 is 0. The molecule has 3 fully saturated rings. The Bertz CT molecular complexity index is 1190. The largest absolute Gasteiger partial charge is 0.392 e. The van der Waals surface area contributed by atoms with E-state index >= 15 is 0 Å². The number of amides is 2. The number of ether oxygens (including phenoxy) is 4. The number of unbranched alkanes of at least 4 members (excludes halogenated alkanes) is 2. The molecule has 2 aromatic carbocycles. The number of benzene rings is 2. The number of aliphatic hydroxyl groups is 1. The van der Waals surface area contributed by atoms with Crippen LogP contribution in [-0.4, -0.2) is 73.1 Å². The van der Waals surface area contributed by atoms with Crippen molar-refractivity contribution in [3.63, 3.8) is 0 Å². The molecule has 3 aliphatic rings. The molecule has 3 N–H and O–H groups in total. The molecule has 2 aromatic rings. The number of anilines is 1. The van der Waals surface area contributed by atoms with Crippen molar-refractivity contribution in [2.24, 2.45) is 0 Å². The fourth-order valence-corrected chi connectivity index (χ4v) is 6.02. The molecular weight excluding hydrogens is 550 g/mol. The lowest BCUT2D eigenvalue weighted by molar-refractivity contribution is -0.255. The van der Waals surface area contributed by atoms with Crippen molar-refractivity contribution in [1.82, 2.24) is 10.2 Å². The first-order valence-electron chi connectivity index (χ1n) is 15.6. The molecule has 1 spiro atoms. The van der Waals surface area contributed by atoms with Crippen LogP contribution in [0.3, 0.4) is 0 Å². The van der Waals surface area contributed by atoms with Crippen molar-refractivity contribution < 1.29 is 33.6 Å². The standard InChI is InChI=1S/C33H45N3O7/c1-24(38)34-15-4-2-3-8-31(39)35-28-7-5-6-27(20-28)32-42-29(21-30(43-32)26-11-9-25(23-37)10-12-26)22-36-16-13-33(14-17-36)40-18-19-41-33/h5-7,9-12,20,29-30,32,37H,2-4,8,13-19,21-23H2,1H3,(H,34,38)(H,35,39)/t29-,30+,32+/m0/s1. The molecule has 10 heteroatoms. The Morgan fingerprint density at radius 1 is 0.977 bits per heavy atom. The number of rotatable bonds is 12. The zero-order valence-electron chi connectivity index (χ0n) is 25.1. The SMILES string of the molecule is CC(=O)NCCCCCC(=O)Nc1cccc([C@@H]2O[C@H](CN3CCC4(CC3)OCCO4)C[C@H](c3ccc(CO)cc3)O2)c1. The third kappa shape index (κ3) is 9.07.